The monoisotopic (exact) mass is 267 g/mol. The Bertz CT molecular complexity index is 502. The zero-order valence-corrected chi connectivity index (χ0v) is 11.1. The van der Waals surface area contributed by atoms with Gasteiger partial charge < -0.3 is 15.3 Å². The fourth-order valence-corrected chi connectivity index (χ4v) is 1.68. The van der Waals surface area contributed by atoms with Crippen molar-refractivity contribution in [1.29, 1.82) is 0 Å². The quantitative estimate of drug-likeness (QED) is 0.640. The minimum absolute atomic E-state index is 0.0364. The number of nitrogens with zero attached hydrogens (tertiary/aromatic N) is 2. The maximum atomic E-state index is 11.8. The number of nitro groups is 1. The summed E-state index contributed by atoms with van der Waals surface area (Å²) in [6, 6.07) is 2.59. The van der Waals surface area contributed by atoms with Gasteiger partial charge in [-0.3, -0.25) is 10.1 Å². The molecule has 0 saturated heterocycles. The number of aliphatic hydroxyl groups excluding tert-OH is 1. The van der Waals surface area contributed by atoms with Crippen molar-refractivity contribution in [3.63, 3.8) is 0 Å². The SMILES string of the molecule is Cc1ccc([N+](=O)[O-])c(C)c1NC(=O)N(C)CCO. The summed E-state index contributed by atoms with van der Waals surface area (Å²) >= 11 is 0. The molecule has 0 aliphatic heterocycles. The van der Waals surface area contributed by atoms with Crippen LogP contribution in [0.1, 0.15) is 11.1 Å². The summed E-state index contributed by atoms with van der Waals surface area (Å²) in [4.78, 5) is 23.5. The first-order valence-corrected chi connectivity index (χ1v) is 5.76. The van der Waals surface area contributed by atoms with Crippen molar-refractivity contribution in [2.75, 3.05) is 25.5 Å². The normalized spacial score (nSPS) is 10.1. The molecule has 0 bridgehead atoms. The lowest BCUT2D eigenvalue weighted by Crippen LogP contribution is -2.33. The molecule has 0 spiro atoms. The van der Waals surface area contributed by atoms with Crippen LogP contribution in [0.5, 0.6) is 0 Å². The minimum atomic E-state index is -0.484. The first-order valence-electron chi connectivity index (χ1n) is 5.76. The average Bonchev–Trinajstić information content (AvgIpc) is 2.33. The van der Waals surface area contributed by atoms with Gasteiger partial charge in [0.1, 0.15) is 0 Å². The van der Waals surface area contributed by atoms with Crippen LogP contribution >= 0.6 is 0 Å². The highest BCUT2D eigenvalue weighted by molar-refractivity contribution is 5.91. The van der Waals surface area contributed by atoms with E-state index in [2.05, 4.69) is 5.32 Å². The molecule has 0 atom stereocenters. The minimum Gasteiger partial charge on any atom is -0.395 e. The van der Waals surface area contributed by atoms with Crippen LogP contribution in [-0.4, -0.2) is 41.2 Å². The number of carbonyl (C=O) groups is 1. The Hall–Kier alpha value is -2.15. The van der Waals surface area contributed by atoms with Gasteiger partial charge >= 0.3 is 6.03 Å². The smallest absolute Gasteiger partial charge is 0.321 e. The lowest BCUT2D eigenvalue weighted by molar-refractivity contribution is -0.385. The van der Waals surface area contributed by atoms with E-state index in [-0.39, 0.29) is 18.8 Å². The van der Waals surface area contributed by atoms with Gasteiger partial charge in [0.15, 0.2) is 0 Å². The van der Waals surface area contributed by atoms with Crippen LogP contribution in [0.3, 0.4) is 0 Å². The van der Waals surface area contributed by atoms with E-state index < -0.39 is 11.0 Å². The molecular formula is C12H17N3O4. The highest BCUT2D eigenvalue weighted by Crippen LogP contribution is 2.28. The number of nitro benzene ring substituents is 1. The molecule has 0 fully saturated rings. The number of likely N-dealkylation sites (N-methyl/N-ethyl adjacent to an activating group) is 1. The van der Waals surface area contributed by atoms with Crippen molar-refractivity contribution in [2.45, 2.75) is 13.8 Å². The number of aryl methyl sites for hydroxylation is 1. The molecule has 0 aliphatic carbocycles. The molecule has 1 aromatic rings. The summed E-state index contributed by atoms with van der Waals surface area (Å²) in [7, 11) is 1.54. The highest BCUT2D eigenvalue weighted by Gasteiger charge is 2.18. The van der Waals surface area contributed by atoms with E-state index in [1.54, 1.807) is 19.9 Å². The van der Waals surface area contributed by atoms with Gasteiger partial charge in [-0.05, 0) is 19.4 Å². The third kappa shape index (κ3) is 3.41. The topological polar surface area (TPSA) is 95.7 Å². The van der Waals surface area contributed by atoms with Crippen LogP contribution in [-0.2, 0) is 0 Å². The Labute approximate surface area is 111 Å². The highest BCUT2D eigenvalue weighted by atomic mass is 16.6. The van der Waals surface area contributed by atoms with Crippen molar-refractivity contribution in [1.82, 2.24) is 4.90 Å². The fraction of sp³-hybridized carbons (Fsp3) is 0.417. The Morgan fingerprint density at radius 1 is 1.47 bits per heavy atom. The molecule has 1 aromatic carbocycles. The van der Waals surface area contributed by atoms with Gasteiger partial charge in [-0.15, -0.1) is 0 Å². The number of urea groups is 1. The zero-order valence-electron chi connectivity index (χ0n) is 11.1. The Morgan fingerprint density at radius 3 is 2.63 bits per heavy atom. The number of hydrogen-bond donors (Lipinski definition) is 2. The Kier molecular flexibility index (Phi) is 4.82. The predicted molar refractivity (Wildman–Crippen MR) is 71.3 cm³/mol. The first kappa shape index (κ1) is 14.9. The average molecular weight is 267 g/mol. The van der Waals surface area contributed by atoms with Crippen LogP contribution in [0.2, 0.25) is 0 Å². The van der Waals surface area contributed by atoms with E-state index in [4.69, 9.17) is 5.11 Å². The van der Waals surface area contributed by atoms with Crippen molar-refractivity contribution >= 4 is 17.4 Å². The second-order valence-corrected chi connectivity index (χ2v) is 4.23. The van der Waals surface area contributed by atoms with Crippen LogP contribution < -0.4 is 5.32 Å². The summed E-state index contributed by atoms with van der Waals surface area (Å²) in [5.41, 5.74) is 1.55. The number of nitrogens with one attached hydrogen (secondary N) is 1. The second-order valence-electron chi connectivity index (χ2n) is 4.23. The molecule has 7 heteroatoms. The van der Waals surface area contributed by atoms with E-state index in [9.17, 15) is 14.9 Å². The maximum Gasteiger partial charge on any atom is 0.321 e. The molecule has 2 amide bonds. The van der Waals surface area contributed by atoms with Gasteiger partial charge in [-0.25, -0.2) is 4.79 Å². The van der Waals surface area contributed by atoms with Crippen LogP contribution in [0.4, 0.5) is 16.2 Å². The number of carbonyl (C=O) groups excluding carboxylic acids is 1. The van der Waals surface area contributed by atoms with E-state index in [1.807, 2.05) is 0 Å². The molecule has 0 aliphatic rings. The third-order valence-electron chi connectivity index (χ3n) is 2.86. The van der Waals surface area contributed by atoms with Gasteiger partial charge in [0.05, 0.1) is 22.8 Å². The van der Waals surface area contributed by atoms with Crippen molar-refractivity contribution in [3.05, 3.63) is 33.4 Å². The van der Waals surface area contributed by atoms with E-state index in [1.165, 1.54) is 18.0 Å². The van der Waals surface area contributed by atoms with Gasteiger partial charge in [0.25, 0.3) is 5.69 Å². The number of rotatable bonds is 4. The molecule has 7 nitrogen and oxygen atoms in total. The fourth-order valence-electron chi connectivity index (χ4n) is 1.68. The van der Waals surface area contributed by atoms with Crippen LogP contribution in [0.25, 0.3) is 0 Å². The van der Waals surface area contributed by atoms with E-state index >= 15 is 0 Å². The Morgan fingerprint density at radius 2 is 2.11 bits per heavy atom. The van der Waals surface area contributed by atoms with Gasteiger partial charge in [0, 0.05) is 19.7 Å². The van der Waals surface area contributed by atoms with Crippen LogP contribution in [0, 0.1) is 24.0 Å². The van der Waals surface area contributed by atoms with Crippen molar-refractivity contribution in [2.24, 2.45) is 0 Å². The largest absolute Gasteiger partial charge is 0.395 e. The molecular weight excluding hydrogens is 250 g/mol. The summed E-state index contributed by atoms with van der Waals surface area (Å²) in [5.74, 6) is 0. The molecule has 2 N–H and O–H groups in total. The van der Waals surface area contributed by atoms with E-state index in [0.717, 1.165) is 5.56 Å². The standard InChI is InChI=1S/C12H17N3O4/c1-8-4-5-10(15(18)19)9(2)11(8)13-12(17)14(3)6-7-16/h4-5,16H,6-7H2,1-3H3,(H,13,17). The maximum absolute atomic E-state index is 11.8. The Balaban J connectivity index is 3.04. The third-order valence-corrected chi connectivity index (χ3v) is 2.86. The molecule has 104 valence electrons. The molecule has 0 radical (unpaired) electrons. The molecule has 0 unspecified atom stereocenters. The summed E-state index contributed by atoms with van der Waals surface area (Å²) in [6.07, 6.45) is 0. The lowest BCUT2D eigenvalue weighted by atomic mass is 10.1. The van der Waals surface area contributed by atoms with E-state index in [0.29, 0.717) is 11.3 Å². The number of amides is 2. The first-order chi connectivity index (χ1) is 8.88. The second kappa shape index (κ2) is 6.14. The predicted octanol–water partition coefficient (Wildman–Crippen LogP) is 1.67. The number of benzene rings is 1. The molecule has 0 heterocycles. The summed E-state index contributed by atoms with van der Waals surface area (Å²) < 4.78 is 0. The summed E-state index contributed by atoms with van der Waals surface area (Å²) in [5, 5.41) is 22.3. The number of aliphatic hydroxyl groups is 1. The van der Waals surface area contributed by atoms with Crippen molar-refractivity contribution < 1.29 is 14.8 Å². The van der Waals surface area contributed by atoms with Crippen LogP contribution in [0.15, 0.2) is 12.1 Å². The molecule has 19 heavy (non-hydrogen) atoms. The molecule has 1 rings (SSSR count). The molecule has 0 aromatic heterocycles. The lowest BCUT2D eigenvalue weighted by Gasteiger charge is -2.18. The number of anilines is 1. The van der Waals surface area contributed by atoms with Gasteiger partial charge in [-0.1, -0.05) is 6.07 Å². The number of hydrogen-bond acceptors (Lipinski definition) is 4. The van der Waals surface area contributed by atoms with Gasteiger partial charge in [0.2, 0.25) is 0 Å². The molecule has 0 saturated carbocycles. The van der Waals surface area contributed by atoms with Crippen molar-refractivity contribution in [3.8, 4) is 0 Å². The summed E-state index contributed by atoms with van der Waals surface area (Å²) in [6.45, 7) is 3.40. The van der Waals surface area contributed by atoms with Gasteiger partial charge in [-0.2, -0.15) is 0 Å². The zero-order chi connectivity index (χ0) is 14.6.